The average Bonchev–Trinajstić information content (AvgIpc) is 3.07. The van der Waals surface area contributed by atoms with Crippen molar-refractivity contribution in [2.75, 3.05) is 0 Å². The van der Waals surface area contributed by atoms with Crippen molar-refractivity contribution in [1.82, 2.24) is 0 Å². The molecule has 4 aromatic carbocycles. The van der Waals surface area contributed by atoms with Crippen LogP contribution in [0.5, 0.6) is 0 Å². The van der Waals surface area contributed by atoms with Crippen molar-refractivity contribution in [3.8, 4) is 11.1 Å². The molecule has 0 heterocycles. The van der Waals surface area contributed by atoms with Gasteiger partial charge >= 0.3 is 0 Å². The molecule has 128 valence electrons. The predicted molar refractivity (Wildman–Crippen MR) is 114 cm³/mol. The normalized spacial score (nSPS) is 13.6. The molecule has 0 N–H and O–H groups in total. The van der Waals surface area contributed by atoms with Crippen LogP contribution >= 0.6 is 0 Å². The highest BCUT2D eigenvalue weighted by molar-refractivity contribution is 5.89. The van der Waals surface area contributed by atoms with E-state index in [1.54, 1.807) is 0 Å². The first-order valence-electron chi connectivity index (χ1n) is 9.34. The maximum Gasteiger partial charge on any atom is 0.0719 e. The fourth-order valence-corrected chi connectivity index (χ4v) is 4.71. The molecule has 1 aliphatic rings. The lowest BCUT2D eigenvalue weighted by Gasteiger charge is -2.34. The summed E-state index contributed by atoms with van der Waals surface area (Å²) >= 11 is 0. The summed E-state index contributed by atoms with van der Waals surface area (Å²) in [7, 11) is 0. The van der Waals surface area contributed by atoms with Gasteiger partial charge in [-0.1, -0.05) is 116 Å². The lowest BCUT2D eigenvalue weighted by Crippen LogP contribution is -2.29. The summed E-state index contributed by atoms with van der Waals surface area (Å²) in [6, 6.07) is 37.1. The van der Waals surface area contributed by atoms with Crippen LogP contribution in [0.2, 0.25) is 0 Å². The molecule has 0 saturated carbocycles. The second kappa shape index (κ2) is 6.10. The Morgan fingerprint density at radius 2 is 1.11 bits per heavy atom. The highest BCUT2D eigenvalue weighted by atomic mass is 14.5. The fourth-order valence-electron chi connectivity index (χ4n) is 4.71. The number of benzene rings is 4. The topological polar surface area (TPSA) is 0 Å². The van der Waals surface area contributed by atoms with Crippen molar-refractivity contribution in [3.63, 3.8) is 0 Å². The molecule has 0 aromatic heterocycles. The van der Waals surface area contributed by atoms with Crippen LogP contribution in [0.1, 0.15) is 27.8 Å². The van der Waals surface area contributed by atoms with E-state index in [9.17, 15) is 0 Å². The van der Waals surface area contributed by atoms with E-state index in [1.165, 1.54) is 38.9 Å². The molecule has 0 fully saturated rings. The van der Waals surface area contributed by atoms with Gasteiger partial charge in [-0.3, -0.25) is 0 Å². The summed E-state index contributed by atoms with van der Waals surface area (Å²) in [6.07, 6.45) is 1.99. The van der Waals surface area contributed by atoms with Gasteiger partial charge in [-0.15, -0.1) is 0 Å². The first-order valence-corrected chi connectivity index (χ1v) is 9.34. The van der Waals surface area contributed by atoms with Gasteiger partial charge in [0, 0.05) is 0 Å². The van der Waals surface area contributed by atoms with Crippen molar-refractivity contribution in [1.29, 1.82) is 0 Å². The van der Waals surface area contributed by atoms with Gasteiger partial charge in [0.05, 0.1) is 5.41 Å². The van der Waals surface area contributed by atoms with E-state index in [2.05, 4.69) is 110 Å². The van der Waals surface area contributed by atoms with Crippen LogP contribution in [0, 0.1) is 0 Å². The Hall–Kier alpha value is -3.38. The van der Waals surface area contributed by atoms with Crippen molar-refractivity contribution in [2.45, 2.75) is 5.41 Å². The zero-order valence-corrected chi connectivity index (χ0v) is 15.1. The Morgan fingerprint density at radius 1 is 0.556 bits per heavy atom. The first kappa shape index (κ1) is 15.8. The molecule has 0 heteroatoms. The van der Waals surface area contributed by atoms with Gasteiger partial charge in [0.2, 0.25) is 0 Å². The predicted octanol–water partition coefficient (Wildman–Crippen LogP) is 6.69. The minimum absolute atomic E-state index is 0.334. The summed E-state index contributed by atoms with van der Waals surface area (Å²) in [5.41, 5.74) is 8.72. The van der Waals surface area contributed by atoms with Crippen LogP contribution < -0.4 is 0 Å². The van der Waals surface area contributed by atoms with Crippen LogP contribution in [-0.4, -0.2) is 0 Å². The van der Waals surface area contributed by atoms with Crippen molar-refractivity contribution in [2.24, 2.45) is 0 Å². The number of rotatable bonds is 3. The Morgan fingerprint density at radius 3 is 1.74 bits per heavy atom. The molecular formula is C27H20. The maximum atomic E-state index is 4.12. The molecule has 0 saturated heterocycles. The Balaban J connectivity index is 2.02. The SMILES string of the molecule is C=Cc1cccc2c1C(c1ccccc1)(c1ccccc1)c1ccccc1-2. The zero-order valence-electron chi connectivity index (χ0n) is 15.1. The summed E-state index contributed by atoms with van der Waals surface area (Å²) in [5.74, 6) is 0. The average molecular weight is 344 g/mol. The summed E-state index contributed by atoms with van der Waals surface area (Å²) in [5, 5.41) is 0. The first-order chi connectivity index (χ1) is 13.4. The van der Waals surface area contributed by atoms with Crippen molar-refractivity contribution < 1.29 is 0 Å². The molecule has 0 atom stereocenters. The standard InChI is InChI=1S/C27H20/c1-2-20-12-11-18-24-23-17-9-10-19-25(23)27(26(20)24,21-13-5-3-6-14-21)22-15-7-4-8-16-22/h2-19H,1H2. The van der Waals surface area contributed by atoms with E-state index < -0.39 is 0 Å². The molecule has 0 spiro atoms. The number of hydrogen-bond acceptors (Lipinski definition) is 0. The summed E-state index contributed by atoms with van der Waals surface area (Å²) in [4.78, 5) is 0. The molecule has 0 nitrogen and oxygen atoms in total. The quantitative estimate of drug-likeness (QED) is 0.342. The molecular weight excluding hydrogens is 324 g/mol. The smallest absolute Gasteiger partial charge is 0.0719 e. The third-order valence-electron chi connectivity index (χ3n) is 5.73. The van der Waals surface area contributed by atoms with Crippen LogP contribution in [0.25, 0.3) is 17.2 Å². The summed E-state index contributed by atoms with van der Waals surface area (Å²) in [6.45, 7) is 4.12. The minimum atomic E-state index is -0.334. The summed E-state index contributed by atoms with van der Waals surface area (Å²) < 4.78 is 0. The van der Waals surface area contributed by atoms with Crippen LogP contribution in [0.4, 0.5) is 0 Å². The molecule has 0 bridgehead atoms. The monoisotopic (exact) mass is 344 g/mol. The Kier molecular flexibility index (Phi) is 3.58. The van der Waals surface area contributed by atoms with E-state index in [0.717, 1.165) is 0 Å². The zero-order chi connectivity index (χ0) is 18.3. The number of hydrogen-bond donors (Lipinski definition) is 0. The van der Waals surface area contributed by atoms with E-state index in [-0.39, 0.29) is 5.41 Å². The van der Waals surface area contributed by atoms with Crippen LogP contribution in [-0.2, 0) is 5.41 Å². The molecule has 0 unspecified atom stereocenters. The van der Waals surface area contributed by atoms with Gasteiger partial charge in [0.25, 0.3) is 0 Å². The molecule has 27 heavy (non-hydrogen) atoms. The lowest BCUT2D eigenvalue weighted by molar-refractivity contribution is 0.766. The Labute approximate surface area is 160 Å². The minimum Gasteiger partial charge on any atom is -0.0985 e. The molecule has 0 radical (unpaired) electrons. The second-order valence-electron chi connectivity index (χ2n) is 7.00. The molecule has 4 aromatic rings. The van der Waals surface area contributed by atoms with E-state index in [4.69, 9.17) is 0 Å². The van der Waals surface area contributed by atoms with Crippen LogP contribution in [0.3, 0.4) is 0 Å². The molecule has 0 amide bonds. The maximum absolute atomic E-state index is 4.12. The van der Waals surface area contributed by atoms with E-state index in [0.29, 0.717) is 0 Å². The van der Waals surface area contributed by atoms with Gasteiger partial charge in [-0.05, 0) is 38.9 Å². The fraction of sp³-hybridized carbons (Fsp3) is 0.0370. The van der Waals surface area contributed by atoms with E-state index >= 15 is 0 Å². The molecule has 5 rings (SSSR count). The third-order valence-corrected chi connectivity index (χ3v) is 5.73. The highest BCUT2D eigenvalue weighted by Crippen LogP contribution is 2.57. The Bertz CT molecular complexity index is 1080. The van der Waals surface area contributed by atoms with E-state index in [1.807, 2.05) is 6.08 Å². The van der Waals surface area contributed by atoms with Crippen LogP contribution in [0.15, 0.2) is 110 Å². The van der Waals surface area contributed by atoms with Gasteiger partial charge in [0.1, 0.15) is 0 Å². The van der Waals surface area contributed by atoms with Crippen molar-refractivity contribution >= 4 is 6.08 Å². The highest BCUT2D eigenvalue weighted by Gasteiger charge is 2.46. The van der Waals surface area contributed by atoms with Gasteiger partial charge in [-0.25, -0.2) is 0 Å². The second-order valence-corrected chi connectivity index (χ2v) is 7.00. The molecule has 0 aliphatic heterocycles. The van der Waals surface area contributed by atoms with Gasteiger partial charge in [0.15, 0.2) is 0 Å². The molecule has 1 aliphatic carbocycles. The van der Waals surface area contributed by atoms with Gasteiger partial charge in [-0.2, -0.15) is 0 Å². The van der Waals surface area contributed by atoms with Gasteiger partial charge < -0.3 is 0 Å². The van der Waals surface area contributed by atoms with Crippen molar-refractivity contribution in [3.05, 3.63) is 138 Å². The third kappa shape index (κ3) is 2.10. The largest absolute Gasteiger partial charge is 0.0985 e. The number of fused-ring (bicyclic) bond motifs is 3. The lowest BCUT2D eigenvalue weighted by atomic mass is 9.66.